The fourth-order valence-electron chi connectivity index (χ4n) is 2.58. The molecule has 0 radical (unpaired) electrons. The molecule has 1 saturated carbocycles. The Bertz CT molecular complexity index is 687. The molecule has 0 atom stereocenters. The molecule has 0 unspecified atom stereocenters. The number of benzene rings is 1. The third kappa shape index (κ3) is 2.76. The van der Waals surface area contributed by atoms with Gasteiger partial charge >= 0.3 is 0 Å². The van der Waals surface area contributed by atoms with Gasteiger partial charge in [0, 0.05) is 24.7 Å². The molecule has 1 heterocycles. The predicted molar refractivity (Wildman–Crippen MR) is 81.9 cm³/mol. The van der Waals surface area contributed by atoms with E-state index in [1.54, 1.807) is 22.8 Å². The molecule has 4 nitrogen and oxygen atoms in total. The molecule has 1 aliphatic rings. The number of halogens is 1. The summed E-state index contributed by atoms with van der Waals surface area (Å²) in [6.07, 6.45) is 1.91. The summed E-state index contributed by atoms with van der Waals surface area (Å²) in [5.41, 5.74) is 2.15. The number of amides is 1. The van der Waals surface area contributed by atoms with Crippen LogP contribution in [-0.4, -0.2) is 28.7 Å². The van der Waals surface area contributed by atoms with Gasteiger partial charge < -0.3 is 15.0 Å². The van der Waals surface area contributed by atoms with Crippen LogP contribution >= 0.6 is 0 Å². The van der Waals surface area contributed by atoms with E-state index >= 15 is 0 Å². The first kappa shape index (κ1) is 14.8. The minimum Gasteiger partial charge on any atom is -0.396 e. The summed E-state index contributed by atoms with van der Waals surface area (Å²) in [6, 6.07) is 9.79. The molecule has 2 aromatic rings. The maximum Gasteiger partial charge on any atom is 0.267 e. The third-order valence-corrected chi connectivity index (χ3v) is 4.41. The van der Waals surface area contributed by atoms with Crippen LogP contribution in [0.1, 0.15) is 23.3 Å². The second-order valence-corrected chi connectivity index (χ2v) is 6.01. The van der Waals surface area contributed by atoms with E-state index in [1.165, 1.54) is 12.1 Å². The summed E-state index contributed by atoms with van der Waals surface area (Å²) in [5.74, 6) is -0.440. The number of carbonyl (C=O) groups is 1. The molecule has 3 rings (SSSR count). The van der Waals surface area contributed by atoms with Crippen LogP contribution in [0, 0.1) is 11.2 Å². The van der Waals surface area contributed by atoms with Crippen LogP contribution < -0.4 is 5.32 Å². The summed E-state index contributed by atoms with van der Waals surface area (Å²) in [7, 11) is 1.81. The Morgan fingerprint density at radius 2 is 1.95 bits per heavy atom. The fourth-order valence-corrected chi connectivity index (χ4v) is 2.58. The molecule has 5 heteroatoms. The number of rotatable bonds is 5. The van der Waals surface area contributed by atoms with Crippen molar-refractivity contribution in [3.05, 3.63) is 47.9 Å². The monoisotopic (exact) mass is 302 g/mol. The SMILES string of the molecule is Cn1c(C(=O)NCC2(CO)CC2)ccc1-c1ccc(F)cc1. The molecule has 0 aliphatic heterocycles. The van der Waals surface area contributed by atoms with E-state index in [9.17, 15) is 14.3 Å². The number of carbonyl (C=O) groups excluding carboxylic acids is 1. The molecular weight excluding hydrogens is 283 g/mol. The largest absolute Gasteiger partial charge is 0.396 e. The van der Waals surface area contributed by atoms with E-state index < -0.39 is 0 Å². The molecule has 0 spiro atoms. The van der Waals surface area contributed by atoms with E-state index in [-0.39, 0.29) is 23.7 Å². The van der Waals surface area contributed by atoms with Crippen LogP contribution in [0.4, 0.5) is 4.39 Å². The maximum atomic E-state index is 13.0. The van der Waals surface area contributed by atoms with Crippen molar-refractivity contribution in [2.24, 2.45) is 12.5 Å². The van der Waals surface area contributed by atoms with Crippen molar-refractivity contribution < 1.29 is 14.3 Å². The number of aromatic nitrogens is 1. The number of hydrogen-bond acceptors (Lipinski definition) is 2. The molecule has 1 aromatic carbocycles. The lowest BCUT2D eigenvalue weighted by atomic mass is 10.1. The maximum absolute atomic E-state index is 13.0. The van der Waals surface area contributed by atoms with E-state index in [4.69, 9.17) is 0 Å². The predicted octanol–water partition coefficient (Wildman–Crippen LogP) is 2.33. The van der Waals surface area contributed by atoms with Gasteiger partial charge in [-0.05, 0) is 54.8 Å². The number of aliphatic hydroxyl groups is 1. The first-order valence-electron chi connectivity index (χ1n) is 7.35. The van der Waals surface area contributed by atoms with Gasteiger partial charge in [-0.1, -0.05) is 0 Å². The normalized spacial score (nSPS) is 15.6. The van der Waals surface area contributed by atoms with E-state index in [2.05, 4.69) is 5.32 Å². The van der Waals surface area contributed by atoms with E-state index in [1.807, 2.05) is 13.1 Å². The Kier molecular flexibility index (Phi) is 3.74. The van der Waals surface area contributed by atoms with Crippen molar-refractivity contribution in [3.63, 3.8) is 0 Å². The molecule has 116 valence electrons. The van der Waals surface area contributed by atoms with Crippen molar-refractivity contribution in [2.75, 3.05) is 13.2 Å². The molecule has 22 heavy (non-hydrogen) atoms. The van der Waals surface area contributed by atoms with Gasteiger partial charge in [-0.25, -0.2) is 4.39 Å². The van der Waals surface area contributed by atoms with Gasteiger partial charge in [0.15, 0.2) is 0 Å². The average molecular weight is 302 g/mol. The lowest BCUT2D eigenvalue weighted by molar-refractivity contribution is 0.0927. The lowest BCUT2D eigenvalue weighted by Crippen LogP contribution is -2.32. The van der Waals surface area contributed by atoms with Crippen molar-refractivity contribution >= 4 is 5.91 Å². The molecule has 1 amide bonds. The minimum absolute atomic E-state index is 0.111. The minimum atomic E-state index is -0.283. The van der Waals surface area contributed by atoms with Crippen molar-refractivity contribution in [1.82, 2.24) is 9.88 Å². The van der Waals surface area contributed by atoms with Crippen molar-refractivity contribution in [2.45, 2.75) is 12.8 Å². The molecule has 0 bridgehead atoms. The zero-order valence-electron chi connectivity index (χ0n) is 12.5. The smallest absolute Gasteiger partial charge is 0.267 e. The number of nitrogens with zero attached hydrogens (tertiary/aromatic N) is 1. The topological polar surface area (TPSA) is 54.3 Å². The zero-order chi connectivity index (χ0) is 15.7. The Balaban J connectivity index is 1.75. The zero-order valence-corrected chi connectivity index (χ0v) is 12.5. The Morgan fingerprint density at radius 3 is 2.55 bits per heavy atom. The molecule has 1 fully saturated rings. The number of aliphatic hydroxyl groups excluding tert-OH is 1. The Morgan fingerprint density at radius 1 is 1.27 bits per heavy atom. The van der Waals surface area contributed by atoms with Crippen LogP contribution in [0.15, 0.2) is 36.4 Å². The highest BCUT2D eigenvalue weighted by Crippen LogP contribution is 2.44. The van der Waals surface area contributed by atoms with Crippen molar-refractivity contribution in [3.8, 4) is 11.3 Å². The van der Waals surface area contributed by atoms with Crippen LogP contribution in [0.2, 0.25) is 0 Å². The van der Waals surface area contributed by atoms with Gasteiger partial charge in [0.2, 0.25) is 0 Å². The molecule has 0 saturated heterocycles. The summed E-state index contributed by atoms with van der Waals surface area (Å²) in [6.45, 7) is 0.612. The van der Waals surface area contributed by atoms with Crippen LogP contribution in [-0.2, 0) is 7.05 Å². The van der Waals surface area contributed by atoms with Crippen molar-refractivity contribution in [1.29, 1.82) is 0 Å². The van der Waals surface area contributed by atoms with Crippen LogP contribution in [0.25, 0.3) is 11.3 Å². The number of hydrogen-bond donors (Lipinski definition) is 2. The second kappa shape index (κ2) is 5.57. The molecule has 1 aliphatic carbocycles. The van der Waals surface area contributed by atoms with E-state index in [0.29, 0.717) is 12.2 Å². The highest BCUT2D eigenvalue weighted by atomic mass is 19.1. The molecule has 1 aromatic heterocycles. The molecular formula is C17H19FN2O2. The third-order valence-electron chi connectivity index (χ3n) is 4.41. The van der Waals surface area contributed by atoms with Gasteiger partial charge in [0.05, 0.1) is 6.61 Å². The molecule has 2 N–H and O–H groups in total. The van der Waals surface area contributed by atoms with Crippen LogP contribution in [0.5, 0.6) is 0 Å². The summed E-state index contributed by atoms with van der Waals surface area (Å²) >= 11 is 0. The Hall–Kier alpha value is -2.14. The summed E-state index contributed by atoms with van der Waals surface area (Å²) in [4.78, 5) is 12.3. The quantitative estimate of drug-likeness (QED) is 0.890. The van der Waals surface area contributed by atoms with Gasteiger partial charge in [0.1, 0.15) is 11.5 Å². The second-order valence-electron chi connectivity index (χ2n) is 6.01. The lowest BCUT2D eigenvalue weighted by Gasteiger charge is -2.13. The summed E-state index contributed by atoms with van der Waals surface area (Å²) in [5, 5.41) is 12.2. The first-order chi connectivity index (χ1) is 10.5. The standard InChI is InChI=1S/C17H19FN2O2/c1-20-14(12-2-4-13(18)5-3-12)6-7-15(20)16(22)19-10-17(11-21)8-9-17/h2-7,21H,8-11H2,1H3,(H,19,22). The fraction of sp³-hybridized carbons (Fsp3) is 0.353. The Labute approximate surface area is 128 Å². The van der Waals surface area contributed by atoms with Crippen LogP contribution in [0.3, 0.4) is 0 Å². The van der Waals surface area contributed by atoms with Gasteiger partial charge in [0.25, 0.3) is 5.91 Å². The summed E-state index contributed by atoms with van der Waals surface area (Å²) < 4.78 is 14.8. The number of nitrogens with one attached hydrogen (secondary N) is 1. The van der Waals surface area contributed by atoms with E-state index in [0.717, 1.165) is 24.1 Å². The van der Waals surface area contributed by atoms with Gasteiger partial charge in [-0.2, -0.15) is 0 Å². The van der Waals surface area contributed by atoms with Gasteiger partial charge in [-0.15, -0.1) is 0 Å². The highest BCUT2D eigenvalue weighted by Gasteiger charge is 2.42. The highest BCUT2D eigenvalue weighted by molar-refractivity contribution is 5.93. The van der Waals surface area contributed by atoms with Gasteiger partial charge in [-0.3, -0.25) is 4.79 Å². The average Bonchev–Trinajstić information content (AvgIpc) is 3.22. The first-order valence-corrected chi connectivity index (χ1v) is 7.35.